The Bertz CT molecular complexity index is 1060. The van der Waals surface area contributed by atoms with Crippen molar-refractivity contribution in [3.8, 4) is 0 Å². The monoisotopic (exact) mass is 455 g/mol. The summed E-state index contributed by atoms with van der Waals surface area (Å²) in [4.78, 5) is 16.0. The van der Waals surface area contributed by atoms with Gasteiger partial charge in [0.25, 0.3) is 0 Å². The van der Waals surface area contributed by atoms with Crippen LogP contribution in [0.5, 0.6) is 0 Å². The molecular weight excluding hydrogens is 418 g/mol. The smallest absolute Gasteiger partial charge is 0.227 e. The van der Waals surface area contributed by atoms with Gasteiger partial charge in [-0.2, -0.15) is 10.1 Å². The van der Waals surface area contributed by atoms with E-state index in [4.69, 9.17) is 24.5 Å². The maximum absolute atomic E-state index is 5.92. The summed E-state index contributed by atoms with van der Waals surface area (Å²) in [6.45, 7) is 13.6. The van der Waals surface area contributed by atoms with Crippen LogP contribution in [0.15, 0.2) is 18.3 Å². The zero-order valence-corrected chi connectivity index (χ0v) is 21.0. The lowest BCUT2D eigenvalue weighted by atomic mass is 9.99. The Morgan fingerprint density at radius 3 is 2.58 bits per heavy atom. The average molecular weight is 456 g/mol. The highest BCUT2D eigenvalue weighted by Crippen LogP contribution is 2.28. The Hall–Kier alpha value is -2.78. The molecule has 0 saturated carbocycles. The molecule has 0 atom stereocenters. The van der Waals surface area contributed by atoms with Gasteiger partial charge in [-0.3, -0.25) is 4.68 Å². The SMILES string of the molecule is CCOCCn1nc(CCOCC(C)(C)C)c2nc(N(C)C)nc(Nc3cc(C)ccn3)c21. The molecule has 3 aromatic heterocycles. The molecule has 9 heteroatoms. The molecular formula is C24H37N7O2. The number of aromatic nitrogens is 5. The van der Waals surface area contributed by atoms with E-state index in [9.17, 15) is 0 Å². The summed E-state index contributed by atoms with van der Waals surface area (Å²) in [5, 5.41) is 8.28. The highest BCUT2D eigenvalue weighted by atomic mass is 16.5. The second kappa shape index (κ2) is 10.9. The Balaban J connectivity index is 2.02. The lowest BCUT2D eigenvalue weighted by Gasteiger charge is -2.17. The third kappa shape index (κ3) is 6.85. The molecule has 0 bridgehead atoms. The predicted molar refractivity (Wildman–Crippen MR) is 132 cm³/mol. The highest BCUT2D eigenvalue weighted by Gasteiger charge is 2.20. The minimum atomic E-state index is 0.122. The van der Waals surface area contributed by atoms with Crippen molar-refractivity contribution < 1.29 is 9.47 Å². The normalized spacial score (nSPS) is 11.8. The fourth-order valence-electron chi connectivity index (χ4n) is 3.32. The van der Waals surface area contributed by atoms with Gasteiger partial charge in [-0.05, 0) is 37.0 Å². The van der Waals surface area contributed by atoms with E-state index in [0.29, 0.717) is 51.2 Å². The van der Waals surface area contributed by atoms with E-state index >= 15 is 0 Å². The van der Waals surface area contributed by atoms with Crippen LogP contribution in [-0.2, 0) is 22.4 Å². The van der Waals surface area contributed by atoms with E-state index in [1.807, 2.05) is 49.7 Å². The summed E-state index contributed by atoms with van der Waals surface area (Å²) in [5.41, 5.74) is 3.79. The van der Waals surface area contributed by atoms with Gasteiger partial charge in [0, 0.05) is 33.3 Å². The van der Waals surface area contributed by atoms with Crippen molar-refractivity contribution >= 4 is 28.6 Å². The van der Waals surface area contributed by atoms with Crippen LogP contribution >= 0.6 is 0 Å². The number of anilines is 3. The summed E-state index contributed by atoms with van der Waals surface area (Å²) in [7, 11) is 3.86. The van der Waals surface area contributed by atoms with Gasteiger partial charge < -0.3 is 19.7 Å². The standard InChI is InChI=1S/C24H37N7O2/c1-8-32-14-12-31-21-20(18(29-31)10-13-33-16-24(3,4)5)27-23(30(6)7)28-22(21)26-19-15-17(2)9-11-25-19/h9,11,15H,8,10,12-14,16H2,1-7H3,(H,25,26,27,28). The van der Waals surface area contributed by atoms with Crippen molar-refractivity contribution in [3.05, 3.63) is 29.6 Å². The maximum Gasteiger partial charge on any atom is 0.227 e. The summed E-state index contributed by atoms with van der Waals surface area (Å²) in [6.07, 6.45) is 2.45. The molecule has 0 amide bonds. The summed E-state index contributed by atoms with van der Waals surface area (Å²) in [5.74, 6) is 2.01. The number of aryl methyl sites for hydroxylation is 1. The third-order valence-electron chi connectivity index (χ3n) is 4.88. The molecule has 0 aliphatic rings. The van der Waals surface area contributed by atoms with Crippen LogP contribution in [0.4, 0.5) is 17.6 Å². The molecule has 0 unspecified atom stereocenters. The molecule has 3 aromatic rings. The maximum atomic E-state index is 5.92. The second-order valence-electron chi connectivity index (χ2n) is 9.54. The van der Waals surface area contributed by atoms with Gasteiger partial charge in [0.1, 0.15) is 16.9 Å². The van der Waals surface area contributed by atoms with Crippen molar-refractivity contribution in [2.45, 2.75) is 47.6 Å². The van der Waals surface area contributed by atoms with Crippen molar-refractivity contribution in [2.24, 2.45) is 5.41 Å². The van der Waals surface area contributed by atoms with Crippen LogP contribution in [0, 0.1) is 12.3 Å². The second-order valence-corrected chi connectivity index (χ2v) is 9.54. The first-order valence-electron chi connectivity index (χ1n) is 11.5. The van der Waals surface area contributed by atoms with Gasteiger partial charge in [-0.1, -0.05) is 20.8 Å². The van der Waals surface area contributed by atoms with E-state index in [2.05, 4.69) is 31.1 Å². The molecule has 9 nitrogen and oxygen atoms in total. The number of fused-ring (bicyclic) bond motifs is 1. The lowest BCUT2D eigenvalue weighted by Crippen LogP contribution is -2.16. The van der Waals surface area contributed by atoms with E-state index in [-0.39, 0.29) is 5.41 Å². The molecule has 0 radical (unpaired) electrons. The zero-order valence-electron chi connectivity index (χ0n) is 21.0. The minimum Gasteiger partial charge on any atom is -0.381 e. The third-order valence-corrected chi connectivity index (χ3v) is 4.88. The van der Waals surface area contributed by atoms with Crippen LogP contribution in [0.2, 0.25) is 0 Å². The molecule has 180 valence electrons. The van der Waals surface area contributed by atoms with Crippen LogP contribution in [0.3, 0.4) is 0 Å². The minimum absolute atomic E-state index is 0.122. The number of pyridine rings is 1. The molecule has 3 heterocycles. The van der Waals surface area contributed by atoms with Crippen molar-refractivity contribution in [3.63, 3.8) is 0 Å². The van der Waals surface area contributed by atoms with E-state index < -0.39 is 0 Å². The van der Waals surface area contributed by atoms with Gasteiger partial charge in [-0.25, -0.2) is 9.97 Å². The Kier molecular flexibility index (Phi) is 8.20. The molecule has 0 aliphatic carbocycles. The average Bonchev–Trinajstić information content (AvgIpc) is 3.08. The number of hydrogen-bond donors (Lipinski definition) is 1. The fraction of sp³-hybridized carbons (Fsp3) is 0.583. The Labute approximate surface area is 196 Å². The molecule has 1 N–H and O–H groups in total. The van der Waals surface area contributed by atoms with E-state index in [1.165, 1.54) is 0 Å². The molecule has 0 saturated heterocycles. The van der Waals surface area contributed by atoms with Crippen molar-refractivity contribution in [1.29, 1.82) is 0 Å². The first kappa shape index (κ1) is 24.9. The topological polar surface area (TPSA) is 90.2 Å². The molecule has 3 rings (SSSR count). The van der Waals surface area contributed by atoms with Gasteiger partial charge in [0.05, 0.1) is 32.1 Å². The Morgan fingerprint density at radius 2 is 1.91 bits per heavy atom. The van der Waals surface area contributed by atoms with Crippen molar-refractivity contribution in [1.82, 2.24) is 24.7 Å². The first-order chi connectivity index (χ1) is 15.7. The number of ether oxygens (including phenoxy) is 2. The lowest BCUT2D eigenvalue weighted by molar-refractivity contribution is 0.0729. The summed E-state index contributed by atoms with van der Waals surface area (Å²) in [6, 6.07) is 3.96. The molecule has 0 aliphatic heterocycles. The molecule has 33 heavy (non-hydrogen) atoms. The highest BCUT2D eigenvalue weighted by molar-refractivity contribution is 5.90. The number of nitrogens with zero attached hydrogens (tertiary/aromatic N) is 6. The van der Waals surface area contributed by atoms with E-state index in [0.717, 1.165) is 28.1 Å². The number of nitrogens with one attached hydrogen (secondary N) is 1. The van der Waals surface area contributed by atoms with Gasteiger partial charge >= 0.3 is 0 Å². The first-order valence-corrected chi connectivity index (χ1v) is 11.5. The van der Waals surface area contributed by atoms with E-state index in [1.54, 1.807) is 6.20 Å². The summed E-state index contributed by atoms with van der Waals surface area (Å²) < 4.78 is 13.5. The largest absolute Gasteiger partial charge is 0.381 e. The van der Waals surface area contributed by atoms with Crippen LogP contribution in [-0.4, -0.2) is 65.3 Å². The molecule has 0 spiro atoms. The van der Waals surface area contributed by atoms with Crippen molar-refractivity contribution in [2.75, 3.05) is 50.7 Å². The van der Waals surface area contributed by atoms with Crippen LogP contribution < -0.4 is 10.2 Å². The van der Waals surface area contributed by atoms with Gasteiger partial charge in [0.2, 0.25) is 5.95 Å². The van der Waals surface area contributed by atoms with Gasteiger partial charge in [-0.15, -0.1) is 0 Å². The van der Waals surface area contributed by atoms with Crippen LogP contribution in [0.1, 0.15) is 39.0 Å². The molecule has 0 aromatic carbocycles. The summed E-state index contributed by atoms with van der Waals surface area (Å²) >= 11 is 0. The predicted octanol–water partition coefficient (Wildman–Crippen LogP) is 3.98. The number of rotatable bonds is 11. The number of hydrogen-bond acceptors (Lipinski definition) is 8. The quantitative estimate of drug-likeness (QED) is 0.434. The van der Waals surface area contributed by atoms with Crippen LogP contribution in [0.25, 0.3) is 11.0 Å². The van der Waals surface area contributed by atoms with Gasteiger partial charge in [0.15, 0.2) is 5.82 Å². The fourth-order valence-corrected chi connectivity index (χ4v) is 3.32. The zero-order chi connectivity index (χ0) is 24.0. The molecule has 0 fully saturated rings. The Morgan fingerprint density at radius 1 is 1.12 bits per heavy atom.